The van der Waals surface area contributed by atoms with Gasteiger partial charge in [0.2, 0.25) is 0 Å². The highest BCUT2D eigenvalue weighted by Crippen LogP contribution is 2.17. The van der Waals surface area contributed by atoms with Crippen molar-refractivity contribution in [1.82, 2.24) is 20.2 Å². The fourth-order valence-corrected chi connectivity index (χ4v) is 2.13. The van der Waals surface area contributed by atoms with Gasteiger partial charge in [0.05, 0.1) is 0 Å². The van der Waals surface area contributed by atoms with Gasteiger partial charge < -0.3 is 5.11 Å². The Kier molecular flexibility index (Phi) is 3.12. The van der Waals surface area contributed by atoms with E-state index < -0.39 is 5.97 Å². The van der Waals surface area contributed by atoms with Gasteiger partial charge in [0, 0.05) is 6.42 Å². The first-order valence-electron chi connectivity index (χ1n) is 6.17. The van der Waals surface area contributed by atoms with Gasteiger partial charge in [-0.1, -0.05) is 42.5 Å². The van der Waals surface area contributed by atoms with E-state index in [9.17, 15) is 4.79 Å². The molecule has 0 saturated heterocycles. The Hall–Kier alpha value is -2.76. The predicted octanol–water partition coefficient (Wildman–Crippen LogP) is 1.50. The minimum Gasteiger partial charge on any atom is -0.480 e. The maximum atomic E-state index is 10.7. The number of tetrazole rings is 1. The normalized spacial score (nSPS) is 10.8. The molecule has 3 aromatic rings. The van der Waals surface area contributed by atoms with Crippen molar-refractivity contribution in [2.24, 2.45) is 0 Å². The zero-order chi connectivity index (χ0) is 13.9. The third-order valence-corrected chi connectivity index (χ3v) is 3.07. The second-order valence-corrected chi connectivity index (χ2v) is 4.50. The lowest BCUT2D eigenvalue weighted by atomic mass is 10.1. The van der Waals surface area contributed by atoms with Crippen molar-refractivity contribution in [1.29, 1.82) is 0 Å². The fourth-order valence-electron chi connectivity index (χ4n) is 2.13. The Bertz CT molecular complexity index is 766. The molecule has 1 N–H and O–H groups in total. The average Bonchev–Trinajstić information content (AvgIpc) is 2.85. The molecule has 1 heterocycles. The van der Waals surface area contributed by atoms with Crippen LogP contribution < -0.4 is 0 Å². The summed E-state index contributed by atoms with van der Waals surface area (Å²) >= 11 is 0. The number of fused-ring (bicyclic) bond motifs is 1. The number of aromatic nitrogens is 4. The van der Waals surface area contributed by atoms with Crippen molar-refractivity contribution in [3.8, 4) is 0 Å². The molecule has 100 valence electrons. The third kappa shape index (κ3) is 2.49. The molecule has 0 radical (unpaired) electrons. The van der Waals surface area contributed by atoms with E-state index >= 15 is 0 Å². The second-order valence-electron chi connectivity index (χ2n) is 4.50. The van der Waals surface area contributed by atoms with E-state index in [0.717, 1.165) is 10.9 Å². The van der Waals surface area contributed by atoms with Gasteiger partial charge in [-0.15, -0.1) is 5.10 Å². The zero-order valence-electron chi connectivity index (χ0n) is 10.6. The Morgan fingerprint density at radius 3 is 2.75 bits per heavy atom. The van der Waals surface area contributed by atoms with Gasteiger partial charge >= 0.3 is 5.97 Å². The Labute approximate surface area is 114 Å². The molecule has 0 amide bonds. The lowest BCUT2D eigenvalue weighted by molar-refractivity contribution is -0.138. The van der Waals surface area contributed by atoms with Crippen LogP contribution in [0.3, 0.4) is 0 Å². The first kappa shape index (κ1) is 12.3. The van der Waals surface area contributed by atoms with Gasteiger partial charge in [-0.2, -0.15) is 0 Å². The number of aliphatic carboxylic acids is 1. The third-order valence-electron chi connectivity index (χ3n) is 3.07. The van der Waals surface area contributed by atoms with Gasteiger partial charge in [0.15, 0.2) is 5.82 Å². The van der Waals surface area contributed by atoms with Crippen LogP contribution in [-0.4, -0.2) is 31.3 Å². The van der Waals surface area contributed by atoms with Crippen LogP contribution in [0, 0.1) is 0 Å². The molecule has 2 aromatic carbocycles. The van der Waals surface area contributed by atoms with Crippen LogP contribution in [0.15, 0.2) is 42.5 Å². The van der Waals surface area contributed by atoms with Crippen molar-refractivity contribution < 1.29 is 9.90 Å². The minimum absolute atomic E-state index is 0.226. The number of carboxylic acid groups (broad SMARTS) is 1. The Balaban J connectivity index is 1.89. The summed E-state index contributed by atoms with van der Waals surface area (Å²) in [5.41, 5.74) is 1.05. The molecule has 0 atom stereocenters. The molecule has 20 heavy (non-hydrogen) atoms. The molecule has 0 spiro atoms. The van der Waals surface area contributed by atoms with Crippen LogP contribution >= 0.6 is 0 Å². The monoisotopic (exact) mass is 268 g/mol. The van der Waals surface area contributed by atoms with Crippen molar-refractivity contribution in [3.63, 3.8) is 0 Å². The first-order chi connectivity index (χ1) is 9.72. The number of carboxylic acids is 1. The summed E-state index contributed by atoms with van der Waals surface area (Å²) < 4.78 is 1.30. The molecule has 1 aromatic heterocycles. The van der Waals surface area contributed by atoms with Gasteiger partial charge in [-0.3, -0.25) is 4.79 Å². The molecule has 0 aliphatic heterocycles. The zero-order valence-corrected chi connectivity index (χ0v) is 10.6. The molecule has 0 bridgehead atoms. The standard InChI is InChI=1S/C14H12N4O2/c19-14(20)9-18-13(15-16-17-18)8-10-5-6-11-3-1-2-4-12(11)7-10/h1-7H,8-9H2,(H,19,20). The van der Waals surface area contributed by atoms with Gasteiger partial charge in [0.1, 0.15) is 6.54 Å². The van der Waals surface area contributed by atoms with E-state index in [1.165, 1.54) is 10.1 Å². The van der Waals surface area contributed by atoms with Crippen molar-refractivity contribution in [2.45, 2.75) is 13.0 Å². The lowest BCUT2D eigenvalue weighted by Gasteiger charge is -2.04. The summed E-state index contributed by atoms with van der Waals surface area (Å²) in [6.45, 7) is -0.226. The van der Waals surface area contributed by atoms with E-state index in [0.29, 0.717) is 12.2 Å². The Morgan fingerprint density at radius 2 is 1.95 bits per heavy atom. The highest BCUT2D eigenvalue weighted by Gasteiger charge is 2.10. The smallest absolute Gasteiger partial charge is 0.325 e. The van der Waals surface area contributed by atoms with E-state index in [4.69, 9.17) is 5.11 Å². The van der Waals surface area contributed by atoms with Gasteiger partial charge in [-0.25, -0.2) is 4.68 Å². The summed E-state index contributed by atoms with van der Waals surface area (Å²) in [6, 6.07) is 14.2. The number of rotatable bonds is 4. The molecule has 0 saturated carbocycles. The molecule has 3 rings (SSSR count). The predicted molar refractivity (Wildman–Crippen MR) is 72.2 cm³/mol. The maximum Gasteiger partial charge on any atom is 0.325 e. The van der Waals surface area contributed by atoms with Crippen molar-refractivity contribution >= 4 is 16.7 Å². The van der Waals surface area contributed by atoms with Crippen LogP contribution in [-0.2, 0) is 17.8 Å². The SMILES string of the molecule is O=C(O)Cn1nnnc1Cc1ccc2ccccc2c1. The molecule has 0 aliphatic carbocycles. The lowest BCUT2D eigenvalue weighted by Crippen LogP contribution is -2.13. The highest BCUT2D eigenvalue weighted by molar-refractivity contribution is 5.83. The summed E-state index contributed by atoms with van der Waals surface area (Å²) in [7, 11) is 0. The van der Waals surface area contributed by atoms with Crippen LogP contribution in [0.25, 0.3) is 10.8 Å². The van der Waals surface area contributed by atoms with E-state index in [2.05, 4.69) is 21.6 Å². The van der Waals surface area contributed by atoms with Crippen LogP contribution in [0.2, 0.25) is 0 Å². The molecule has 6 heteroatoms. The fraction of sp³-hybridized carbons (Fsp3) is 0.143. The maximum absolute atomic E-state index is 10.7. The highest BCUT2D eigenvalue weighted by atomic mass is 16.4. The van der Waals surface area contributed by atoms with E-state index in [1.54, 1.807) is 0 Å². The molecular weight excluding hydrogens is 256 g/mol. The largest absolute Gasteiger partial charge is 0.480 e. The number of hydrogen-bond donors (Lipinski definition) is 1. The quantitative estimate of drug-likeness (QED) is 0.775. The first-order valence-corrected chi connectivity index (χ1v) is 6.17. The van der Waals surface area contributed by atoms with Gasteiger partial charge in [-0.05, 0) is 26.8 Å². The average molecular weight is 268 g/mol. The molecule has 6 nitrogen and oxygen atoms in total. The summed E-state index contributed by atoms with van der Waals surface area (Å²) in [5.74, 6) is -0.417. The minimum atomic E-state index is -0.961. The van der Waals surface area contributed by atoms with Crippen molar-refractivity contribution in [2.75, 3.05) is 0 Å². The van der Waals surface area contributed by atoms with Crippen LogP contribution in [0.1, 0.15) is 11.4 Å². The summed E-state index contributed by atoms with van der Waals surface area (Å²) in [4.78, 5) is 10.7. The second kappa shape index (κ2) is 5.08. The Morgan fingerprint density at radius 1 is 1.15 bits per heavy atom. The molecule has 0 unspecified atom stereocenters. The topological polar surface area (TPSA) is 80.9 Å². The van der Waals surface area contributed by atoms with E-state index in [1.807, 2.05) is 36.4 Å². The van der Waals surface area contributed by atoms with Crippen LogP contribution in [0.4, 0.5) is 0 Å². The molecular formula is C14H12N4O2. The van der Waals surface area contributed by atoms with E-state index in [-0.39, 0.29) is 6.54 Å². The molecule has 0 aliphatic rings. The number of carbonyl (C=O) groups is 1. The number of nitrogens with zero attached hydrogens (tertiary/aromatic N) is 4. The van der Waals surface area contributed by atoms with Gasteiger partial charge in [0.25, 0.3) is 0 Å². The number of hydrogen-bond acceptors (Lipinski definition) is 4. The summed E-state index contributed by atoms with van der Waals surface area (Å²) in [6.07, 6.45) is 0.505. The van der Waals surface area contributed by atoms with Crippen LogP contribution in [0.5, 0.6) is 0 Å². The number of benzene rings is 2. The van der Waals surface area contributed by atoms with Crippen molar-refractivity contribution in [3.05, 3.63) is 53.9 Å². The molecule has 0 fully saturated rings. The summed E-state index contributed by atoms with van der Waals surface area (Å²) in [5, 5.41) is 22.2.